The fourth-order valence-electron chi connectivity index (χ4n) is 3.97. The first kappa shape index (κ1) is 17.7. The average Bonchev–Trinajstić information content (AvgIpc) is 2.53. The van der Waals surface area contributed by atoms with E-state index in [-0.39, 0.29) is 6.04 Å². The Morgan fingerprint density at radius 1 is 1.09 bits per heavy atom. The molecule has 1 saturated carbocycles. The van der Waals surface area contributed by atoms with Gasteiger partial charge in [0, 0.05) is 32.7 Å². The third-order valence-electron chi connectivity index (χ3n) is 5.40. The standard InChI is InChI=1S/C18H35N3O/c1-4-8-17(19(2)3)18(22)21-13-11-20(12-14-21)15-16-9-6-5-7-10-16/h16-17H,4-15H2,1-3H3/t17-/m1/s1. The summed E-state index contributed by atoms with van der Waals surface area (Å²) in [6.07, 6.45) is 9.14. The maximum Gasteiger partial charge on any atom is 0.239 e. The molecule has 0 aromatic carbocycles. The van der Waals surface area contributed by atoms with Gasteiger partial charge in [0.2, 0.25) is 5.91 Å². The highest BCUT2D eigenvalue weighted by Crippen LogP contribution is 2.24. The summed E-state index contributed by atoms with van der Waals surface area (Å²) in [7, 11) is 4.05. The van der Waals surface area contributed by atoms with Crippen LogP contribution < -0.4 is 0 Å². The summed E-state index contributed by atoms with van der Waals surface area (Å²) in [4.78, 5) is 19.5. The van der Waals surface area contributed by atoms with Crippen LogP contribution in [0.4, 0.5) is 0 Å². The van der Waals surface area contributed by atoms with E-state index in [0.717, 1.165) is 44.9 Å². The molecule has 128 valence electrons. The van der Waals surface area contributed by atoms with E-state index in [1.54, 1.807) is 0 Å². The van der Waals surface area contributed by atoms with Gasteiger partial charge >= 0.3 is 0 Å². The van der Waals surface area contributed by atoms with Crippen molar-refractivity contribution < 1.29 is 4.79 Å². The highest BCUT2D eigenvalue weighted by atomic mass is 16.2. The number of carbonyl (C=O) groups is 1. The smallest absolute Gasteiger partial charge is 0.239 e. The molecule has 1 aliphatic heterocycles. The molecule has 4 nitrogen and oxygen atoms in total. The van der Waals surface area contributed by atoms with Crippen LogP contribution in [0.25, 0.3) is 0 Å². The fourth-order valence-corrected chi connectivity index (χ4v) is 3.97. The summed E-state index contributed by atoms with van der Waals surface area (Å²) in [5.74, 6) is 1.25. The highest BCUT2D eigenvalue weighted by Gasteiger charge is 2.29. The maximum absolute atomic E-state index is 12.7. The molecule has 0 aromatic rings. The van der Waals surface area contributed by atoms with Crippen molar-refractivity contribution in [3.05, 3.63) is 0 Å². The normalized spacial score (nSPS) is 23.0. The molecule has 2 aliphatic rings. The first-order chi connectivity index (χ1) is 10.6. The van der Waals surface area contributed by atoms with Gasteiger partial charge in [0.1, 0.15) is 0 Å². The van der Waals surface area contributed by atoms with Crippen molar-refractivity contribution in [3.63, 3.8) is 0 Å². The number of hydrogen-bond donors (Lipinski definition) is 0. The average molecular weight is 309 g/mol. The molecule has 1 atom stereocenters. The predicted octanol–water partition coefficient (Wildman–Crippen LogP) is 2.44. The summed E-state index contributed by atoms with van der Waals surface area (Å²) in [5.41, 5.74) is 0. The van der Waals surface area contributed by atoms with Crippen LogP contribution in [0.15, 0.2) is 0 Å². The molecule has 1 aliphatic carbocycles. The molecular weight excluding hydrogens is 274 g/mol. The zero-order valence-electron chi connectivity index (χ0n) is 14.9. The number of likely N-dealkylation sites (N-methyl/N-ethyl adjacent to an activating group) is 1. The topological polar surface area (TPSA) is 26.8 Å². The molecule has 2 rings (SSSR count). The summed E-state index contributed by atoms with van der Waals surface area (Å²) in [5, 5.41) is 0. The predicted molar refractivity (Wildman–Crippen MR) is 92.0 cm³/mol. The van der Waals surface area contributed by atoms with E-state index in [9.17, 15) is 4.79 Å². The monoisotopic (exact) mass is 309 g/mol. The van der Waals surface area contributed by atoms with Crippen LogP contribution in [-0.2, 0) is 4.79 Å². The zero-order valence-corrected chi connectivity index (χ0v) is 14.9. The van der Waals surface area contributed by atoms with E-state index in [0.29, 0.717) is 5.91 Å². The molecule has 4 heteroatoms. The Kier molecular flexibility index (Phi) is 7.16. The van der Waals surface area contributed by atoms with Gasteiger partial charge in [0.25, 0.3) is 0 Å². The Hall–Kier alpha value is -0.610. The van der Waals surface area contributed by atoms with Crippen LogP contribution in [0.5, 0.6) is 0 Å². The van der Waals surface area contributed by atoms with Gasteiger partial charge in [-0.3, -0.25) is 14.6 Å². The Morgan fingerprint density at radius 3 is 2.27 bits per heavy atom. The third-order valence-corrected chi connectivity index (χ3v) is 5.40. The van der Waals surface area contributed by atoms with E-state index < -0.39 is 0 Å². The SMILES string of the molecule is CCC[C@H](C(=O)N1CCN(CC2CCCCC2)CC1)N(C)C. The van der Waals surface area contributed by atoms with Gasteiger partial charge in [-0.1, -0.05) is 32.6 Å². The van der Waals surface area contributed by atoms with E-state index in [4.69, 9.17) is 0 Å². The Labute approximate surface area is 136 Å². The van der Waals surface area contributed by atoms with Crippen molar-refractivity contribution in [3.8, 4) is 0 Å². The summed E-state index contributed by atoms with van der Waals surface area (Å²) < 4.78 is 0. The number of carbonyl (C=O) groups excluding carboxylic acids is 1. The van der Waals surface area contributed by atoms with Crippen LogP contribution >= 0.6 is 0 Å². The first-order valence-corrected chi connectivity index (χ1v) is 9.29. The molecule has 1 saturated heterocycles. The van der Waals surface area contributed by atoms with Crippen LogP contribution in [0, 0.1) is 5.92 Å². The highest BCUT2D eigenvalue weighted by molar-refractivity contribution is 5.82. The Bertz CT molecular complexity index is 331. The van der Waals surface area contributed by atoms with Crippen molar-refractivity contribution in [2.24, 2.45) is 5.92 Å². The summed E-state index contributed by atoms with van der Waals surface area (Å²) >= 11 is 0. The van der Waals surface area contributed by atoms with E-state index >= 15 is 0 Å². The molecule has 2 fully saturated rings. The lowest BCUT2D eigenvalue weighted by Crippen LogP contribution is -2.54. The van der Waals surface area contributed by atoms with Crippen molar-refractivity contribution in [2.75, 3.05) is 46.8 Å². The molecule has 0 N–H and O–H groups in total. The molecule has 1 amide bonds. The maximum atomic E-state index is 12.7. The van der Waals surface area contributed by atoms with Gasteiger partial charge in [-0.15, -0.1) is 0 Å². The quantitative estimate of drug-likeness (QED) is 0.754. The molecule has 0 aromatic heterocycles. The van der Waals surface area contributed by atoms with E-state index in [1.165, 1.54) is 38.6 Å². The molecular formula is C18H35N3O. The Balaban J connectivity index is 1.76. The summed E-state index contributed by atoms with van der Waals surface area (Å²) in [6, 6.07) is 0.0647. The molecule has 0 radical (unpaired) electrons. The van der Waals surface area contributed by atoms with E-state index in [2.05, 4.69) is 21.6 Å². The van der Waals surface area contributed by atoms with Gasteiger partial charge in [-0.05, 0) is 39.3 Å². The molecule has 0 bridgehead atoms. The number of amides is 1. The lowest BCUT2D eigenvalue weighted by atomic mass is 9.89. The van der Waals surface area contributed by atoms with E-state index in [1.807, 2.05) is 14.1 Å². The minimum absolute atomic E-state index is 0.0647. The third kappa shape index (κ3) is 4.95. The van der Waals surface area contributed by atoms with Crippen molar-refractivity contribution in [2.45, 2.75) is 57.9 Å². The van der Waals surface area contributed by atoms with Crippen LogP contribution in [-0.4, -0.2) is 73.5 Å². The Morgan fingerprint density at radius 2 is 1.73 bits per heavy atom. The first-order valence-electron chi connectivity index (χ1n) is 9.29. The largest absolute Gasteiger partial charge is 0.339 e. The van der Waals surface area contributed by atoms with Gasteiger partial charge in [-0.25, -0.2) is 0 Å². The van der Waals surface area contributed by atoms with Crippen LogP contribution in [0.2, 0.25) is 0 Å². The second kappa shape index (κ2) is 8.88. The molecule has 0 unspecified atom stereocenters. The summed E-state index contributed by atoms with van der Waals surface area (Å²) in [6.45, 7) is 7.38. The minimum atomic E-state index is 0.0647. The number of hydrogen-bond acceptors (Lipinski definition) is 3. The van der Waals surface area contributed by atoms with Gasteiger partial charge < -0.3 is 4.90 Å². The minimum Gasteiger partial charge on any atom is -0.339 e. The second-order valence-corrected chi connectivity index (χ2v) is 7.40. The lowest BCUT2D eigenvalue weighted by molar-refractivity contribution is -0.138. The molecule has 0 spiro atoms. The van der Waals surface area contributed by atoms with Crippen LogP contribution in [0.3, 0.4) is 0 Å². The number of piperazine rings is 1. The second-order valence-electron chi connectivity index (χ2n) is 7.40. The number of nitrogens with zero attached hydrogens (tertiary/aromatic N) is 3. The van der Waals surface area contributed by atoms with Crippen molar-refractivity contribution >= 4 is 5.91 Å². The van der Waals surface area contributed by atoms with Gasteiger partial charge in [0.05, 0.1) is 6.04 Å². The fraction of sp³-hybridized carbons (Fsp3) is 0.944. The molecule has 22 heavy (non-hydrogen) atoms. The molecule has 1 heterocycles. The van der Waals surface area contributed by atoms with Crippen molar-refractivity contribution in [1.82, 2.24) is 14.7 Å². The van der Waals surface area contributed by atoms with Gasteiger partial charge in [0.15, 0.2) is 0 Å². The lowest BCUT2D eigenvalue weighted by Gasteiger charge is -2.39. The number of rotatable bonds is 6. The van der Waals surface area contributed by atoms with Crippen molar-refractivity contribution in [1.29, 1.82) is 0 Å². The zero-order chi connectivity index (χ0) is 15.9. The van der Waals surface area contributed by atoms with Gasteiger partial charge in [-0.2, -0.15) is 0 Å². The van der Waals surface area contributed by atoms with Crippen LogP contribution in [0.1, 0.15) is 51.9 Å².